The summed E-state index contributed by atoms with van der Waals surface area (Å²) in [6, 6.07) is 11.7. The van der Waals surface area contributed by atoms with E-state index in [0.29, 0.717) is 50.1 Å². The van der Waals surface area contributed by atoms with Gasteiger partial charge in [0.05, 0.1) is 19.1 Å². The van der Waals surface area contributed by atoms with Crippen LogP contribution in [0.5, 0.6) is 0 Å². The molecule has 1 N–H and O–H groups in total. The van der Waals surface area contributed by atoms with Crippen molar-refractivity contribution in [3.63, 3.8) is 0 Å². The molecule has 8 heteroatoms. The molecule has 1 atom stereocenters. The molecule has 3 aromatic rings. The Morgan fingerprint density at radius 2 is 2.19 bits per heavy atom. The van der Waals surface area contributed by atoms with Gasteiger partial charge in [-0.2, -0.15) is 10.1 Å². The number of hydrogen-bond donors (Lipinski definition) is 1. The van der Waals surface area contributed by atoms with Gasteiger partial charge >= 0.3 is 0 Å². The molecule has 1 aromatic carbocycles. The number of likely N-dealkylation sites (tertiary alicyclic amines) is 1. The Bertz CT molecular complexity index is 863. The minimum Gasteiger partial charge on any atom is -0.376 e. The quantitative estimate of drug-likeness (QED) is 0.643. The van der Waals surface area contributed by atoms with Crippen LogP contribution in [0.3, 0.4) is 0 Å². The molecule has 27 heavy (non-hydrogen) atoms. The summed E-state index contributed by atoms with van der Waals surface area (Å²) in [7, 11) is 0. The molecule has 1 amide bonds. The number of ether oxygens (including phenoxy) is 1. The fourth-order valence-corrected chi connectivity index (χ4v) is 3.15. The number of nitrogens with one attached hydrogen (secondary N) is 1. The molecule has 0 bridgehead atoms. The van der Waals surface area contributed by atoms with E-state index in [1.165, 1.54) is 0 Å². The van der Waals surface area contributed by atoms with Crippen molar-refractivity contribution in [3.05, 3.63) is 65.6 Å². The Morgan fingerprint density at radius 1 is 1.30 bits per heavy atom. The lowest BCUT2D eigenvalue weighted by molar-refractivity contribution is 0.0783. The van der Waals surface area contributed by atoms with E-state index in [-0.39, 0.29) is 11.8 Å². The van der Waals surface area contributed by atoms with Gasteiger partial charge in [-0.1, -0.05) is 35.5 Å². The third-order valence-corrected chi connectivity index (χ3v) is 4.62. The fraction of sp³-hybridized carbons (Fsp3) is 0.368. The van der Waals surface area contributed by atoms with Crippen molar-refractivity contribution in [2.24, 2.45) is 0 Å². The zero-order chi connectivity index (χ0) is 18.5. The predicted molar refractivity (Wildman–Crippen MR) is 95.9 cm³/mol. The lowest BCUT2D eigenvalue weighted by Gasteiger charge is -2.14. The van der Waals surface area contributed by atoms with Gasteiger partial charge in [0.2, 0.25) is 5.89 Å². The molecule has 0 aliphatic carbocycles. The van der Waals surface area contributed by atoms with Crippen LogP contribution < -0.4 is 0 Å². The van der Waals surface area contributed by atoms with Crippen LogP contribution in [-0.4, -0.2) is 50.8 Å². The Hall–Kier alpha value is -3.00. The number of benzene rings is 1. The molecule has 3 heterocycles. The van der Waals surface area contributed by atoms with Crippen LogP contribution in [-0.2, 0) is 17.8 Å². The smallest absolute Gasteiger partial charge is 0.271 e. The number of carbonyl (C=O) groups is 1. The Kier molecular flexibility index (Phi) is 5.24. The minimum atomic E-state index is -0.0518. The number of carbonyl (C=O) groups excluding carboxylic acids is 1. The van der Waals surface area contributed by atoms with Crippen molar-refractivity contribution in [1.29, 1.82) is 0 Å². The Labute approximate surface area is 156 Å². The highest BCUT2D eigenvalue weighted by Gasteiger charge is 2.31. The van der Waals surface area contributed by atoms with Crippen LogP contribution in [0.2, 0.25) is 0 Å². The first-order valence-corrected chi connectivity index (χ1v) is 9.02. The minimum absolute atomic E-state index is 0.0518. The number of hydrogen-bond acceptors (Lipinski definition) is 6. The number of amides is 1. The highest BCUT2D eigenvalue weighted by atomic mass is 16.5. The molecule has 2 aromatic heterocycles. The van der Waals surface area contributed by atoms with E-state index in [9.17, 15) is 4.79 Å². The Morgan fingerprint density at radius 3 is 3.00 bits per heavy atom. The molecular weight excluding hydrogens is 346 g/mol. The van der Waals surface area contributed by atoms with Crippen molar-refractivity contribution in [2.75, 3.05) is 19.7 Å². The zero-order valence-electron chi connectivity index (χ0n) is 14.9. The summed E-state index contributed by atoms with van der Waals surface area (Å²) in [6.07, 6.45) is 2.98. The summed E-state index contributed by atoms with van der Waals surface area (Å²) in [5.41, 5.74) is 1.64. The second-order valence-electron chi connectivity index (χ2n) is 6.54. The summed E-state index contributed by atoms with van der Waals surface area (Å²) in [5, 5.41) is 10.6. The lowest BCUT2D eigenvalue weighted by Crippen LogP contribution is -2.28. The number of aromatic amines is 1. The molecule has 0 radical (unpaired) electrons. The molecular formula is C19H21N5O3. The third-order valence-electron chi connectivity index (χ3n) is 4.62. The van der Waals surface area contributed by atoms with Crippen molar-refractivity contribution < 1.29 is 14.1 Å². The van der Waals surface area contributed by atoms with Crippen LogP contribution in [0.25, 0.3) is 0 Å². The second kappa shape index (κ2) is 8.13. The average molecular weight is 367 g/mol. The van der Waals surface area contributed by atoms with Crippen LogP contribution in [0, 0.1) is 0 Å². The number of aromatic nitrogens is 4. The van der Waals surface area contributed by atoms with Crippen LogP contribution in [0.15, 0.2) is 47.1 Å². The summed E-state index contributed by atoms with van der Waals surface area (Å²) in [5.74, 6) is 1.25. The lowest BCUT2D eigenvalue weighted by atomic mass is 10.1. The van der Waals surface area contributed by atoms with Crippen LogP contribution in [0.4, 0.5) is 0 Å². The first kappa shape index (κ1) is 17.4. The highest BCUT2D eigenvalue weighted by molar-refractivity contribution is 5.92. The highest BCUT2D eigenvalue weighted by Crippen LogP contribution is 2.26. The maximum Gasteiger partial charge on any atom is 0.271 e. The summed E-state index contributed by atoms with van der Waals surface area (Å²) in [4.78, 5) is 18.6. The van der Waals surface area contributed by atoms with E-state index in [2.05, 4.69) is 20.3 Å². The molecule has 140 valence electrons. The first-order valence-electron chi connectivity index (χ1n) is 9.02. The van der Waals surface area contributed by atoms with E-state index >= 15 is 0 Å². The summed E-state index contributed by atoms with van der Waals surface area (Å²) < 4.78 is 11.1. The van der Waals surface area contributed by atoms with E-state index in [1.54, 1.807) is 17.2 Å². The molecule has 0 spiro atoms. The fourth-order valence-electron chi connectivity index (χ4n) is 3.15. The normalized spacial score (nSPS) is 16.7. The molecule has 1 aliphatic heterocycles. The maximum atomic E-state index is 12.4. The second-order valence-corrected chi connectivity index (χ2v) is 6.54. The first-order chi connectivity index (χ1) is 13.3. The molecule has 1 fully saturated rings. The van der Waals surface area contributed by atoms with Gasteiger partial charge in [0.1, 0.15) is 5.69 Å². The third kappa shape index (κ3) is 4.22. The molecule has 4 rings (SSSR count). The molecule has 1 unspecified atom stereocenters. The molecule has 8 nitrogen and oxygen atoms in total. The number of rotatable bonds is 7. The Balaban J connectivity index is 1.25. The number of H-pyrrole nitrogens is 1. The van der Waals surface area contributed by atoms with Gasteiger partial charge in [0.15, 0.2) is 5.82 Å². The molecule has 1 saturated heterocycles. The maximum absolute atomic E-state index is 12.4. The van der Waals surface area contributed by atoms with Gasteiger partial charge in [-0.25, -0.2) is 0 Å². The zero-order valence-corrected chi connectivity index (χ0v) is 14.9. The van der Waals surface area contributed by atoms with Gasteiger partial charge in [-0.05, 0) is 18.1 Å². The van der Waals surface area contributed by atoms with E-state index in [1.807, 2.05) is 30.3 Å². The predicted octanol–water partition coefficient (Wildman–Crippen LogP) is 2.18. The standard InChI is InChI=1S/C19H21N5O3/c25-19(16-6-9-20-22-16)24-10-7-15(12-24)18-21-17(23-27-18)8-11-26-13-14-4-2-1-3-5-14/h1-6,9,15H,7-8,10-13H2,(H,20,22). The van der Waals surface area contributed by atoms with Crippen molar-refractivity contribution in [1.82, 2.24) is 25.2 Å². The van der Waals surface area contributed by atoms with Gasteiger partial charge in [0, 0.05) is 25.7 Å². The van der Waals surface area contributed by atoms with E-state index in [0.717, 1.165) is 12.0 Å². The SMILES string of the molecule is O=C(c1ccn[nH]1)N1CCC(c2nc(CCOCc3ccccc3)no2)C1. The average Bonchev–Trinajstić information content (AvgIpc) is 3.47. The van der Waals surface area contributed by atoms with Gasteiger partial charge in [-0.15, -0.1) is 0 Å². The van der Waals surface area contributed by atoms with Crippen molar-refractivity contribution in [2.45, 2.75) is 25.4 Å². The van der Waals surface area contributed by atoms with E-state index in [4.69, 9.17) is 9.26 Å². The van der Waals surface area contributed by atoms with Crippen LogP contribution in [0.1, 0.15) is 40.1 Å². The van der Waals surface area contributed by atoms with Gasteiger partial charge in [0.25, 0.3) is 5.91 Å². The van der Waals surface area contributed by atoms with Gasteiger partial charge < -0.3 is 14.2 Å². The van der Waals surface area contributed by atoms with Crippen molar-refractivity contribution >= 4 is 5.91 Å². The van der Waals surface area contributed by atoms with Gasteiger partial charge in [-0.3, -0.25) is 9.89 Å². The largest absolute Gasteiger partial charge is 0.376 e. The molecule has 0 saturated carbocycles. The topological polar surface area (TPSA) is 97.1 Å². The summed E-state index contributed by atoms with van der Waals surface area (Å²) >= 11 is 0. The van der Waals surface area contributed by atoms with E-state index < -0.39 is 0 Å². The summed E-state index contributed by atoms with van der Waals surface area (Å²) in [6.45, 7) is 2.34. The number of nitrogens with zero attached hydrogens (tertiary/aromatic N) is 4. The van der Waals surface area contributed by atoms with Crippen molar-refractivity contribution in [3.8, 4) is 0 Å². The monoisotopic (exact) mass is 367 g/mol. The van der Waals surface area contributed by atoms with Crippen LogP contribution >= 0.6 is 0 Å². The molecule has 1 aliphatic rings.